The van der Waals surface area contributed by atoms with E-state index in [1.165, 1.54) is 20.4 Å². The molecular formula is C17H20N4O4. The maximum Gasteiger partial charge on any atom is 0.328 e. The topological polar surface area (TPSA) is 94.9 Å². The van der Waals surface area contributed by atoms with Gasteiger partial charge in [0.1, 0.15) is 5.75 Å². The maximum atomic E-state index is 11.5. The van der Waals surface area contributed by atoms with Crippen molar-refractivity contribution in [1.29, 1.82) is 0 Å². The van der Waals surface area contributed by atoms with Gasteiger partial charge in [0.15, 0.2) is 0 Å². The van der Waals surface area contributed by atoms with Crippen LogP contribution in [0.4, 0.5) is 0 Å². The third-order valence-electron chi connectivity index (χ3n) is 3.10. The van der Waals surface area contributed by atoms with Crippen LogP contribution >= 0.6 is 0 Å². The number of para-hydroxylation sites is 1. The Balaban J connectivity index is 2.21. The summed E-state index contributed by atoms with van der Waals surface area (Å²) in [6.07, 6.45) is 1.49. The van der Waals surface area contributed by atoms with Gasteiger partial charge >= 0.3 is 6.01 Å². The first-order valence-electron chi connectivity index (χ1n) is 7.60. The van der Waals surface area contributed by atoms with Gasteiger partial charge in [0, 0.05) is 11.5 Å². The molecule has 1 aromatic heterocycles. The van der Waals surface area contributed by atoms with Crippen molar-refractivity contribution >= 4 is 12.1 Å². The van der Waals surface area contributed by atoms with Gasteiger partial charge in [0.2, 0.25) is 17.7 Å². The van der Waals surface area contributed by atoms with Crippen LogP contribution in [0.25, 0.3) is 0 Å². The molecule has 0 unspecified atom stereocenters. The minimum Gasteiger partial charge on any atom is -0.481 e. The number of benzene rings is 1. The molecule has 0 spiro atoms. The molecule has 0 fully saturated rings. The van der Waals surface area contributed by atoms with Crippen molar-refractivity contribution in [2.24, 2.45) is 11.0 Å². The Labute approximate surface area is 145 Å². The quantitative estimate of drug-likeness (QED) is 0.612. The van der Waals surface area contributed by atoms with Crippen molar-refractivity contribution < 1.29 is 19.0 Å². The number of carbonyl (C=O) groups is 1. The monoisotopic (exact) mass is 344 g/mol. The van der Waals surface area contributed by atoms with Crippen LogP contribution in [-0.4, -0.2) is 36.3 Å². The molecule has 0 saturated carbocycles. The molecule has 0 radical (unpaired) electrons. The second kappa shape index (κ2) is 8.62. The van der Waals surface area contributed by atoms with E-state index in [-0.39, 0.29) is 17.8 Å². The van der Waals surface area contributed by atoms with Gasteiger partial charge in [0.05, 0.1) is 26.5 Å². The first-order chi connectivity index (χ1) is 12.0. The van der Waals surface area contributed by atoms with Gasteiger partial charge in [-0.2, -0.15) is 15.1 Å². The van der Waals surface area contributed by atoms with Gasteiger partial charge in [-0.3, -0.25) is 4.79 Å². The lowest BCUT2D eigenvalue weighted by Gasteiger charge is -2.09. The lowest BCUT2D eigenvalue weighted by atomic mass is 10.2. The summed E-state index contributed by atoms with van der Waals surface area (Å²) in [5.74, 6) is 0.784. The zero-order chi connectivity index (χ0) is 18.2. The van der Waals surface area contributed by atoms with Crippen LogP contribution < -0.4 is 19.6 Å². The third kappa shape index (κ3) is 5.17. The Hall–Kier alpha value is -3.16. The number of hydrazone groups is 1. The highest BCUT2D eigenvalue weighted by molar-refractivity contribution is 5.85. The predicted molar refractivity (Wildman–Crippen MR) is 92.2 cm³/mol. The fourth-order valence-electron chi connectivity index (χ4n) is 1.71. The molecule has 0 bridgehead atoms. The van der Waals surface area contributed by atoms with Gasteiger partial charge in [0.25, 0.3) is 0 Å². The van der Waals surface area contributed by atoms with E-state index in [0.717, 1.165) is 0 Å². The summed E-state index contributed by atoms with van der Waals surface area (Å²) in [4.78, 5) is 19.8. The standard InChI is InChI=1S/C17H20N4O4/c1-11(2)16(22)21-18-10-12-7-5-6-8-13(12)25-17-19-14(23-3)9-15(20-17)24-4/h5-11H,1-4H3,(H,21,22)/b18-10+. The Morgan fingerprint density at radius 1 is 1.16 bits per heavy atom. The molecule has 0 aliphatic carbocycles. The zero-order valence-corrected chi connectivity index (χ0v) is 14.5. The van der Waals surface area contributed by atoms with E-state index in [0.29, 0.717) is 23.1 Å². The minimum absolute atomic E-state index is 0.0725. The minimum atomic E-state index is -0.171. The predicted octanol–water partition coefficient (Wildman–Crippen LogP) is 2.39. The normalized spacial score (nSPS) is 10.8. The number of aromatic nitrogens is 2. The molecule has 0 atom stereocenters. The number of rotatable bonds is 7. The molecule has 25 heavy (non-hydrogen) atoms. The number of carbonyl (C=O) groups excluding carboxylic acids is 1. The maximum absolute atomic E-state index is 11.5. The largest absolute Gasteiger partial charge is 0.481 e. The molecule has 0 aliphatic rings. The average molecular weight is 344 g/mol. The van der Waals surface area contributed by atoms with Crippen LogP contribution in [-0.2, 0) is 4.79 Å². The zero-order valence-electron chi connectivity index (χ0n) is 14.5. The van der Waals surface area contributed by atoms with Crippen LogP contribution in [0.5, 0.6) is 23.5 Å². The van der Waals surface area contributed by atoms with E-state index in [2.05, 4.69) is 20.5 Å². The van der Waals surface area contributed by atoms with Crippen LogP contribution in [0.3, 0.4) is 0 Å². The summed E-state index contributed by atoms with van der Waals surface area (Å²) in [6.45, 7) is 3.57. The Kier molecular flexibility index (Phi) is 6.27. The highest BCUT2D eigenvalue weighted by Crippen LogP contribution is 2.25. The van der Waals surface area contributed by atoms with Gasteiger partial charge < -0.3 is 14.2 Å². The Bertz CT molecular complexity index is 740. The average Bonchev–Trinajstić information content (AvgIpc) is 2.62. The summed E-state index contributed by atoms with van der Waals surface area (Å²) in [5, 5.41) is 3.94. The lowest BCUT2D eigenvalue weighted by molar-refractivity contribution is -0.123. The molecule has 8 heteroatoms. The van der Waals surface area contributed by atoms with Gasteiger partial charge in [-0.05, 0) is 12.1 Å². The van der Waals surface area contributed by atoms with Crippen molar-refractivity contribution in [1.82, 2.24) is 15.4 Å². The molecule has 132 valence electrons. The number of ether oxygens (including phenoxy) is 3. The summed E-state index contributed by atoms with van der Waals surface area (Å²) >= 11 is 0. The van der Waals surface area contributed by atoms with E-state index >= 15 is 0 Å². The summed E-state index contributed by atoms with van der Waals surface area (Å²) in [5.41, 5.74) is 3.11. The second-order valence-electron chi connectivity index (χ2n) is 5.26. The van der Waals surface area contributed by atoms with Gasteiger partial charge in [-0.25, -0.2) is 5.43 Å². The molecule has 2 rings (SSSR count). The van der Waals surface area contributed by atoms with E-state index in [4.69, 9.17) is 14.2 Å². The fraction of sp³-hybridized carbons (Fsp3) is 0.294. The Morgan fingerprint density at radius 2 is 1.80 bits per heavy atom. The highest BCUT2D eigenvalue weighted by Gasteiger charge is 2.10. The van der Waals surface area contributed by atoms with Crippen molar-refractivity contribution in [3.05, 3.63) is 35.9 Å². The van der Waals surface area contributed by atoms with Crippen molar-refractivity contribution in [3.63, 3.8) is 0 Å². The molecule has 0 aliphatic heterocycles. The van der Waals surface area contributed by atoms with E-state index in [1.807, 2.05) is 6.07 Å². The van der Waals surface area contributed by atoms with E-state index < -0.39 is 0 Å². The number of nitrogens with zero attached hydrogens (tertiary/aromatic N) is 3. The van der Waals surface area contributed by atoms with Crippen LogP contribution in [0, 0.1) is 5.92 Å². The number of nitrogens with one attached hydrogen (secondary N) is 1. The fourth-order valence-corrected chi connectivity index (χ4v) is 1.71. The summed E-state index contributed by atoms with van der Waals surface area (Å²) < 4.78 is 15.9. The first kappa shape index (κ1) is 18.2. The van der Waals surface area contributed by atoms with Crippen LogP contribution in [0.1, 0.15) is 19.4 Å². The van der Waals surface area contributed by atoms with Crippen LogP contribution in [0.15, 0.2) is 35.4 Å². The lowest BCUT2D eigenvalue weighted by Crippen LogP contribution is -2.22. The smallest absolute Gasteiger partial charge is 0.328 e. The summed E-state index contributed by atoms with van der Waals surface area (Å²) in [7, 11) is 2.98. The SMILES string of the molecule is COc1cc(OC)nc(Oc2ccccc2/C=N/NC(=O)C(C)C)n1. The van der Waals surface area contributed by atoms with Crippen molar-refractivity contribution in [2.45, 2.75) is 13.8 Å². The van der Waals surface area contributed by atoms with Crippen LogP contribution in [0.2, 0.25) is 0 Å². The highest BCUT2D eigenvalue weighted by atomic mass is 16.5. The number of amides is 1. The number of hydrogen-bond acceptors (Lipinski definition) is 7. The first-order valence-corrected chi connectivity index (χ1v) is 7.60. The molecule has 1 heterocycles. The van der Waals surface area contributed by atoms with Crippen molar-refractivity contribution in [2.75, 3.05) is 14.2 Å². The second-order valence-corrected chi connectivity index (χ2v) is 5.26. The molecule has 2 aromatic rings. The molecule has 0 saturated heterocycles. The third-order valence-corrected chi connectivity index (χ3v) is 3.10. The molecule has 1 N–H and O–H groups in total. The van der Waals surface area contributed by atoms with E-state index in [9.17, 15) is 4.79 Å². The summed E-state index contributed by atoms with van der Waals surface area (Å²) in [6, 6.07) is 8.77. The van der Waals surface area contributed by atoms with E-state index in [1.54, 1.807) is 38.1 Å². The molecular weight excluding hydrogens is 324 g/mol. The van der Waals surface area contributed by atoms with Crippen molar-refractivity contribution in [3.8, 4) is 23.5 Å². The molecule has 8 nitrogen and oxygen atoms in total. The van der Waals surface area contributed by atoms with Gasteiger partial charge in [-0.1, -0.05) is 26.0 Å². The number of methoxy groups -OCH3 is 2. The Morgan fingerprint density at radius 3 is 2.40 bits per heavy atom. The van der Waals surface area contributed by atoms with Gasteiger partial charge in [-0.15, -0.1) is 0 Å². The number of hydrogen-bond donors (Lipinski definition) is 1. The molecule has 1 amide bonds. The molecule has 1 aromatic carbocycles.